The Bertz CT molecular complexity index is 427. The van der Waals surface area contributed by atoms with Crippen molar-refractivity contribution in [1.82, 2.24) is 4.98 Å². The predicted molar refractivity (Wildman–Crippen MR) is 80.2 cm³/mol. The Morgan fingerprint density at radius 3 is 2.63 bits per heavy atom. The molecule has 4 nitrogen and oxygen atoms in total. The highest BCUT2D eigenvalue weighted by Gasteiger charge is 2.19. The van der Waals surface area contributed by atoms with Gasteiger partial charge in [0.05, 0.1) is 5.69 Å². The summed E-state index contributed by atoms with van der Waals surface area (Å²) >= 11 is 1.21. The first-order valence-corrected chi connectivity index (χ1v) is 7.62. The second-order valence-electron chi connectivity index (χ2n) is 5.71. The van der Waals surface area contributed by atoms with E-state index in [1.165, 1.54) is 37.0 Å². The van der Waals surface area contributed by atoms with Crippen molar-refractivity contribution < 1.29 is 9.90 Å². The molecule has 0 aliphatic heterocycles. The van der Waals surface area contributed by atoms with Gasteiger partial charge in [0.15, 0.2) is 5.13 Å². The molecule has 5 heteroatoms. The van der Waals surface area contributed by atoms with Gasteiger partial charge >= 0.3 is 5.97 Å². The molecule has 0 aromatic carbocycles. The Balaban J connectivity index is 2.51. The lowest BCUT2D eigenvalue weighted by molar-refractivity contribution is 0.0701. The summed E-state index contributed by atoms with van der Waals surface area (Å²) in [5.41, 5.74) is 0.793. The SMILES string of the molecule is CCCCCC(C)(C)CNc1nc(C)c(C(=O)O)s1. The average molecular weight is 284 g/mol. The van der Waals surface area contributed by atoms with Gasteiger partial charge in [-0.2, -0.15) is 0 Å². The van der Waals surface area contributed by atoms with Gasteiger partial charge in [0.1, 0.15) is 4.88 Å². The third-order valence-corrected chi connectivity index (χ3v) is 4.27. The van der Waals surface area contributed by atoms with Gasteiger partial charge < -0.3 is 10.4 Å². The molecule has 1 rings (SSSR count). The van der Waals surface area contributed by atoms with Crippen LogP contribution in [0.1, 0.15) is 61.8 Å². The topological polar surface area (TPSA) is 62.2 Å². The number of thiazole rings is 1. The van der Waals surface area contributed by atoms with Crippen LogP contribution in [0, 0.1) is 12.3 Å². The first-order chi connectivity index (χ1) is 8.85. The molecule has 0 unspecified atom stereocenters. The minimum absolute atomic E-state index is 0.206. The monoisotopic (exact) mass is 284 g/mol. The first kappa shape index (κ1) is 16.0. The van der Waals surface area contributed by atoms with Gasteiger partial charge in [0.25, 0.3) is 0 Å². The number of unbranched alkanes of at least 4 members (excludes halogenated alkanes) is 2. The van der Waals surface area contributed by atoms with Crippen molar-refractivity contribution in [3.63, 3.8) is 0 Å². The first-order valence-electron chi connectivity index (χ1n) is 6.80. The van der Waals surface area contributed by atoms with Crippen LogP contribution in [-0.4, -0.2) is 22.6 Å². The van der Waals surface area contributed by atoms with Crippen molar-refractivity contribution in [3.8, 4) is 0 Å². The normalized spacial score (nSPS) is 11.6. The molecule has 2 N–H and O–H groups in total. The van der Waals surface area contributed by atoms with Crippen LogP contribution in [0.3, 0.4) is 0 Å². The van der Waals surface area contributed by atoms with Crippen molar-refractivity contribution in [2.24, 2.45) is 5.41 Å². The molecule has 0 fully saturated rings. The molecule has 1 aromatic heterocycles. The Morgan fingerprint density at radius 2 is 2.11 bits per heavy atom. The van der Waals surface area contributed by atoms with Crippen LogP contribution in [0.4, 0.5) is 5.13 Å². The number of aryl methyl sites for hydroxylation is 1. The molecule has 19 heavy (non-hydrogen) atoms. The number of anilines is 1. The molecule has 0 amide bonds. The average Bonchev–Trinajstić information content (AvgIpc) is 2.69. The van der Waals surface area contributed by atoms with E-state index in [1.54, 1.807) is 6.92 Å². The van der Waals surface area contributed by atoms with Crippen molar-refractivity contribution >= 4 is 22.4 Å². The van der Waals surface area contributed by atoms with Crippen molar-refractivity contribution in [1.29, 1.82) is 0 Å². The van der Waals surface area contributed by atoms with Crippen molar-refractivity contribution in [3.05, 3.63) is 10.6 Å². The van der Waals surface area contributed by atoms with Gasteiger partial charge in [-0.1, -0.05) is 51.4 Å². The molecule has 0 spiro atoms. The number of nitrogens with zero attached hydrogens (tertiary/aromatic N) is 1. The molecule has 0 aliphatic rings. The number of carboxylic acids is 1. The molecule has 0 saturated carbocycles. The Labute approximate surface area is 119 Å². The number of hydrogen-bond donors (Lipinski definition) is 2. The predicted octanol–water partition coefficient (Wildman–Crippen LogP) is 4.17. The van der Waals surface area contributed by atoms with E-state index < -0.39 is 5.97 Å². The summed E-state index contributed by atoms with van der Waals surface area (Å²) < 4.78 is 0. The van der Waals surface area contributed by atoms with Crippen LogP contribution in [0.15, 0.2) is 0 Å². The van der Waals surface area contributed by atoms with Gasteiger partial charge in [-0.25, -0.2) is 9.78 Å². The zero-order valence-electron chi connectivity index (χ0n) is 12.2. The summed E-state index contributed by atoms with van der Waals surface area (Å²) in [5, 5.41) is 13.0. The number of rotatable bonds is 8. The maximum Gasteiger partial charge on any atom is 0.347 e. The lowest BCUT2D eigenvalue weighted by atomic mass is 9.87. The second-order valence-corrected chi connectivity index (χ2v) is 6.71. The zero-order valence-corrected chi connectivity index (χ0v) is 13.1. The van der Waals surface area contributed by atoms with E-state index in [0.717, 1.165) is 6.54 Å². The highest BCUT2D eigenvalue weighted by atomic mass is 32.1. The Hall–Kier alpha value is -1.10. The molecule has 0 atom stereocenters. The maximum atomic E-state index is 11.0. The largest absolute Gasteiger partial charge is 0.477 e. The molecule has 0 bridgehead atoms. The van der Waals surface area contributed by atoms with Crippen LogP contribution in [0.25, 0.3) is 0 Å². The van der Waals surface area contributed by atoms with E-state index in [1.807, 2.05) is 0 Å². The lowest BCUT2D eigenvalue weighted by Gasteiger charge is -2.24. The lowest BCUT2D eigenvalue weighted by Crippen LogP contribution is -2.23. The summed E-state index contributed by atoms with van der Waals surface area (Å²) in [5.74, 6) is -0.898. The molecule has 1 heterocycles. The Morgan fingerprint density at radius 1 is 1.42 bits per heavy atom. The van der Waals surface area contributed by atoms with Crippen LogP contribution in [-0.2, 0) is 0 Å². The van der Waals surface area contributed by atoms with E-state index in [2.05, 4.69) is 31.1 Å². The van der Waals surface area contributed by atoms with E-state index in [0.29, 0.717) is 15.7 Å². The molecule has 0 radical (unpaired) electrons. The maximum absolute atomic E-state index is 11.0. The van der Waals surface area contributed by atoms with Crippen LogP contribution >= 0.6 is 11.3 Å². The van der Waals surface area contributed by atoms with E-state index in [9.17, 15) is 4.79 Å². The quantitative estimate of drug-likeness (QED) is 0.703. The van der Waals surface area contributed by atoms with Gasteiger partial charge in [-0.15, -0.1) is 0 Å². The van der Waals surface area contributed by atoms with E-state index in [-0.39, 0.29) is 5.41 Å². The molecule has 108 valence electrons. The number of carbonyl (C=O) groups is 1. The number of aromatic nitrogens is 1. The fourth-order valence-electron chi connectivity index (χ4n) is 1.93. The minimum atomic E-state index is -0.898. The highest BCUT2D eigenvalue weighted by molar-refractivity contribution is 7.17. The van der Waals surface area contributed by atoms with Crippen LogP contribution < -0.4 is 5.32 Å². The van der Waals surface area contributed by atoms with Crippen LogP contribution in [0.2, 0.25) is 0 Å². The van der Waals surface area contributed by atoms with Gasteiger partial charge in [-0.05, 0) is 18.8 Å². The summed E-state index contributed by atoms with van der Waals surface area (Å²) in [6.07, 6.45) is 4.91. The minimum Gasteiger partial charge on any atom is -0.477 e. The van der Waals surface area contributed by atoms with Gasteiger partial charge in [0.2, 0.25) is 0 Å². The van der Waals surface area contributed by atoms with Gasteiger partial charge in [0, 0.05) is 6.54 Å². The Kier molecular flexibility index (Phi) is 5.79. The zero-order chi connectivity index (χ0) is 14.5. The third-order valence-electron chi connectivity index (χ3n) is 3.17. The molecule has 0 aliphatic carbocycles. The second kappa shape index (κ2) is 6.89. The molecule has 0 saturated heterocycles. The molecular formula is C14H24N2O2S. The summed E-state index contributed by atoms with van der Waals surface area (Å²) in [7, 11) is 0. The third kappa shape index (κ3) is 5.19. The fraction of sp³-hybridized carbons (Fsp3) is 0.714. The summed E-state index contributed by atoms with van der Waals surface area (Å²) in [6, 6.07) is 0. The number of hydrogen-bond acceptors (Lipinski definition) is 4. The fourth-order valence-corrected chi connectivity index (χ4v) is 2.73. The van der Waals surface area contributed by atoms with E-state index in [4.69, 9.17) is 5.11 Å². The van der Waals surface area contributed by atoms with Crippen molar-refractivity contribution in [2.75, 3.05) is 11.9 Å². The smallest absolute Gasteiger partial charge is 0.347 e. The molecule has 1 aromatic rings. The highest BCUT2D eigenvalue weighted by Crippen LogP contribution is 2.27. The summed E-state index contributed by atoms with van der Waals surface area (Å²) in [4.78, 5) is 15.5. The number of nitrogens with one attached hydrogen (secondary N) is 1. The van der Waals surface area contributed by atoms with Crippen molar-refractivity contribution in [2.45, 2.75) is 53.4 Å². The van der Waals surface area contributed by atoms with Gasteiger partial charge in [-0.3, -0.25) is 0 Å². The standard InChI is InChI=1S/C14H24N2O2S/c1-5-6-7-8-14(3,4)9-15-13-16-10(2)11(19-13)12(17)18/h5-9H2,1-4H3,(H,15,16)(H,17,18). The molecular weight excluding hydrogens is 260 g/mol. The van der Waals surface area contributed by atoms with Crippen LogP contribution in [0.5, 0.6) is 0 Å². The number of carboxylic acid groups (broad SMARTS) is 1. The summed E-state index contributed by atoms with van der Waals surface area (Å²) in [6.45, 7) is 9.22. The van der Waals surface area contributed by atoms with E-state index >= 15 is 0 Å². The number of aromatic carboxylic acids is 1.